The van der Waals surface area contributed by atoms with Crippen LogP contribution >= 0.6 is 0 Å². The fourth-order valence-electron chi connectivity index (χ4n) is 4.53. The molecule has 1 aliphatic carbocycles. The number of piperidine rings is 1. The molecular weight excluding hydrogens is 338 g/mol. The van der Waals surface area contributed by atoms with Crippen molar-refractivity contribution in [1.29, 1.82) is 5.26 Å². The Morgan fingerprint density at radius 1 is 1.22 bits per heavy atom. The van der Waals surface area contributed by atoms with Gasteiger partial charge in [-0.05, 0) is 64.4 Å². The third-order valence-corrected chi connectivity index (χ3v) is 5.84. The summed E-state index contributed by atoms with van der Waals surface area (Å²) in [6.45, 7) is 9.22. The molecule has 2 aliphatic rings. The molecular formula is C22H31N3O2. The first kappa shape index (κ1) is 19.7. The zero-order valence-corrected chi connectivity index (χ0v) is 16.9. The van der Waals surface area contributed by atoms with E-state index in [4.69, 9.17) is 4.74 Å². The highest BCUT2D eigenvalue weighted by molar-refractivity contribution is 5.68. The van der Waals surface area contributed by atoms with Crippen LogP contribution < -0.4 is 5.32 Å². The van der Waals surface area contributed by atoms with Crippen LogP contribution in [-0.2, 0) is 4.74 Å². The zero-order valence-electron chi connectivity index (χ0n) is 16.9. The number of hydrogen-bond donors (Lipinski definition) is 1. The largest absolute Gasteiger partial charge is 0.444 e. The summed E-state index contributed by atoms with van der Waals surface area (Å²) in [5, 5.41) is 13.4. The van der Waals surface area contributed by atoms with Gasteiger partial charge in [0.1, 0.15) is 11.1 Å². The molecule has 1 aromatic rings. The van der Waals surface area contributed by atoms with Crippen molar-refractivity contribution in [2.24, 2.45) is 5.41 Å². The van der Waals surface area contributed by atoms with Crippen LogP contribution in [0.15, 0.2) is 30.3 Å². The van der Waals surface area contributed by atoms with Gasteiger partial charge in [0.2, 0.25) is 0 Å². The Labute approximate surface area is 162 Å². The Kier molecular flexibility index (Phi) is 5.22. The van der Waals surface area contributed by atoms with Gasteiger partial charge in [0.15, 0.2) is 0 Å². The van der Waals surface area contributed by atoms with Crippen molar-refractivity contribution in [1.82, 2.24) is 10.2 Å². The van der Waals surface area contributed by atoms with Gasteiger partial charge < -0.3 is 9.64 Å². The second-order valence-electron chi connectivity index (χ2n) is 9.29. The van der Waals surface area contributed by atoms with Crippen molar-refractivity contribution in [2.45, 2.75) is 70.6 Å². The highest BCUT2D eigenvalue weighted by atomic mass is 16.6. The maximum Gasteiger partial charge on any atom is 0.410 e. The molecule has 1 N–H and O–H groups in total. The zero-order chi connectivity index (χ0) is 19.7. The lowest BCUT2D eigenvalue weighted by Crippen LogP contribution is -2.63. The highest BCUT2D eigenvalue weighted by Gasteiger charge is 2.56. The molecule has 2 fully saturated rings. The molecule has 3 rings (SSSR count). The predicted octanol–water partition coefficient (Wildman–Crippen LogP) is 4.41. The summed E-state index contributed by atoms with van der Waals surface area (Å²) in [7, 11) is 0. The van der Waals surface area contributed by atoms with E-state index in [1.165, 1.54) is 5.56 Å². The molecule has 0 radical (unpaired) electrons. The van der Waals surface area contributed by atoms with Crippen LogP contribution in [0.25, 0.3) is 0 Å². The molecule has 0 aromatic heterocycles. The second-order valence-corrected chi connectivity index (χ2v) is 9.29. The Bertz CT molecular complexity index is 701. The summed E-state index contributed by atoms with van der Waals surface area (Å²) in [5.74, 6) is 0. The first-order valence-electron chi connectivity index (χ1n) is 9.88. The summed E-state index contributed by atoms with van der Waals surface area (Å²) in [4.78, 5) is 14.1. The summed E-state index contributed by atoms with van der Waals surface area (Å²) in [6.07, 6.45) is 3.37. The van der Waals surface area contributed by atoms with Gasteiger partial charge in [-0.1, -0.05) is 30.3 Å². The average Bonchev–Trinajstić information content (AvgIpc) is 2.60. The topological polar surface area (TPSA) is 65.4 Å². The first-order valence-corrected chi connectivity index (χ1v) is 9.88. The minimum atomic E-state index is -0.462. The summed E-state index contributed by atoms with van der Waals surface area (Å²) >= 11 is 0. The third-order valence-electron chi connectivity index (χ3n) is 5.84. The van der Waals surface area contributed by atoms with E-state index in [9.17, 15) is 10.1 Å². The number of hydrogen-bond acceptors (Lipinski definition) is 4. The van der Waals surface area contributed by atoms with Crippen molar-refractivity contribution in [3.63, 3.8) is 0 Å². The lowest BCUT2D eigenvalue weighted by molar-refractivity contribution is -0.0359. The van der Waals surface area contributed by atoms with Crippen molar-refractivity contribution in [3.05, 3.63) is 35.9 Å². The number of likely N-dealkylation sites (tertiary alicyclic amines) is 1. The van der Waals surface area contributed by atoms with Crippen LogP contribution in [0.1, 0.15) is 65.0 Å². The number of rotatable bonds is 3. The number of nitriles is 1. The monoisotopic (exact) mass is 369 g/mol. The molecule has 27 heavy (non-hydrogen) atoms. The lowest BCUT2D eigenvalue weighted by atomic mass is 9.54. The van der Waals surface area contributed by atoms with E-state index in [1.54, 1.807) is 0 Å². The average molecular weight is 370 g/mol. The van der Waals surface area contributed by atoms with Gasteiger partial charge in [0.05, 0.1) is 6.07 Å². The first-order chi connectivity index (χ1) is 12.7. The van der Waals surface area contributed by atoms with Gasteiger partial charge in [-0.3, -0.25) is 5.32 Å². The minimum absolute atomic E-state index is 0.144. The van der Waals surface area contributed by atoms with Gasteiger partial charge in [0.25, 0.3) is 0 Å². The van der Waals surface area contributed by atoms with E-state index < -0.39 is 11.1 Å². The van der Waals surface area contributed by atoms with Crippen molar-refractivity contribution >= 4 is 6.09 Å². The van der Waals surface area contributed by atoms with Crippen LogP contribution in [0.4, 0.5) is 4.79 Å². The van der Waals surface area contributed by atoms with Crippen LogP contribution in [0.5, 0.6) is 0 Å². The Balaban J connectivity index is 1.55. The molecule has 0 bridgehead atoms. The van der Waals surface area contributed by atoms with Crippen LogP contribution in [-0.4, -0.2) is 35.2 Å². The molecule has 1 aliphatic heterocycles. The molecule has 146 valence electrons. The van der Waals surface area contributed by atoms with Crippen LogP contribution in [0.2, 0.25) is 0 Å². The minimum Gasteiger partial charge on any atom is -0.444 e. The number of amides is 1. The van der Waals surface area contributed by atoms with Crippen molar-refractivity contribution in [2.75, 3.05) is 13.1 Å². The molecule has 5 heteroatoms. The predicted molar refractivity (Wildman–Crippen MR) is 105 cm³/mol. The maximum absolute atomic E-state index is 12.3. The highest BCUT2D eigenvalue weighted by Crippen LogP contribution is 2.55. The third kappa shape index (κ3) is 4.44. The molecule has 1 saturated carbocycles. The fraction of sp³-hybridized carbons (Fsp3) is 0.636. The molecule has 1 aromatic carbocycles. The molecule has 1 atom stereocenters. The van der Waals surface area contributed by atoms with Gasteiger partial charge in [-0.2, -0.15) is 5.26 Å². The van der Waals surface area contributed by atoms with E-state index in [2.05, 4.69) is 30.4 Å². The normalized spacial score (nSPS) is 21.8. The maximum atomic E-state index is 12.3. The van der Waals surface area contributed by atoms with Gasteiger partial charge in [-0.15, -0.1) is 0 Å². The molecule has 1 amide bonds. The number of benzene rings is 1. The fourth-order valence-corrected chi connectivity index (χ4v) is 4.53. The summed E-state index contributed by atoms with van der Waals surface area (Å²) < 4.78 is 5.48. The lowest BCUT2D eigenvalue weighted by Gasteiger charge is -2.57. The van der Waals surface area contributed by atoms with E-state index in [-0.39, 0.29) is 17.6 Å². The van der Waals surface area contributed by atoms with Gasteiger partial charge in [0, 0.05) is 19.1 Å². The Morgan fingerprint density at radius 3 is 2.33 bits per heavy atom. The quantitative estimate of drug-likeness (QED) is 0.857. The molecule has 1 spiro atoms. The number of carbonyl (C=O) groups excluding carboxylic acids is 1. The molecule has 1 unspecified atom stereocenters. The van der Waals surface area contributed by atoms with Crippen LogP contribution in [0.3, 0.4) is 0 Å². The van der Waals surface area contributed by atoms with E-state index in [0.717, 1.165) is 25.7 Å². The number of nitrogens with zero attached hydrogens (tertiary/aromatic N) is 2. The van der Waals surface area contributed by atoms with Crippen LogP contribution in [0, 0.1) is 16.7 Å². The second kappa shape index (κ2) is 7.16. The SMILES string of the molecule is CC(NC1(C#N)CC2(CCN(C(=O)OC(C)(C)C)CC2)C1)c1ccccc1. The van der Waals surface area contributed by atoms with Crippen molar-refractivity contribution < 1.29 is 9.53 Å². The Hall–Kier alpha value is -2.06. The Morgan fingerprint density at radius 2 is 1.81 bits per heavy atom. The van der Waals surface area contributed by atoms with Gasteiger partial charge in [-0.25, -0.2) is 4.79 Å². The van der Waals surface area contributed by atoms with E-state index in [1.807, 2.05) is 43.9 Å². The number of nitrogens with one attached hydrogen (secondary N) is 1. The summed E-state index contributed by atoms with van der Waals surface area (Å²) in [6, 6.07) is 12.9. The standard InChI is InChI=1S/C22H31N3O2/c1-17(18-8-6-5-7-9-18)24-22(16-23)14-21(15-22)10-12-25(13-11-21)19(26)27-20(2,3)4/h5-9,17,24H,10-15H2,1-4H3. The van der Waals surface area contributed by atoms with E-state index in [0.29, 0.717) is 13.1 Å². The molecule has 5 nitrogen and oxygen atoms in total. The summed E-state index contributed by atoms with van der Waals surface area (Å²) in [5.41, 5.74) is 0.463. The number of ether oxygens (including phenoxy) is 1. The smallest absolute Gasteiger partial charge is 0.410 e. The van der Waals surface area contributed by atoms with Gasteiger partial charge >= 0.3 is 6.09 Å². The van der Waals surface area contributed by atoms with E-state index >= 15 is 0 Å². The number of carbonyl (C=O) groups is 1. The molecule has 1 heterocycles. The van der Waals surface area contributed by atoms with Crippen molar-refractivity contribution in [3.8, 4) is 6.07 Å². The molecule has 1 saturated heterocycles.